The highest BCUT2D eigenvalue weighted by atomic mass is 16.2. The first-order valence-corrected chi connectivity index (χ1v) is 9.08. The Balaban J connectivity index is 1.71. The summed E-state index contributed by atoms with van der Waals surface area (Å²) in [6, 6.07) is 2.28. The van der Waals surface area contributed by atoms with Crippen LogP contribution in [0.2, 0.25) is 0 Å². The summed E-state index contributed by atoms with van der Waals surface area (Å²) in [6.45, 7) is 9.69. The Morgan fingerprint density at radius 2 is 2.04 bits per heavy atom. The van der Waals surface area contributed by atoms with Crippen molar-refractivity contribution in [3.63, 3.8) is 0 Å². The zero-order valence-corrected chi connectivity index (χ0v) is 15.8. The largest absolute Gasteiger partial charge is 0.323 e. The monoisotopic (exact) mass is 344 g/mol. The third-order valence-electron chi connectivity index (χ3n) is 4.98. The Morgan fingerprint density at radius 1 is 1.28 bits per heavy atom. The maximum Gasteiger partial charge on any atom is 0.323 e. The van der Waals surface area contributed by atoms with E-state index in [1.54, 1.807) is 4.68 Å². The first-order chi connectivity index (χ1) is 11.9. The van der Waals surface area contributed by atoms with E-state index in [4.69, 9.17) is 0 Å². The van der Waals surface area contributed by atoms with Gasteiger partial charge in [0.1, 0.15) is 5.82 Å². The average Bonchev–Trinajstić information content (AvgIpc) is 3.25. The van der Waals surface area contributed by atoms with Crippen LogP contribution >= 0.6 is 0 Å². The summed E-state index contributed by atoms with van der Waals surface area (Å²) >= 11 is 0. The lowest BCUT2D eigenvalue weighted by molar-refractivity contribution is 0.220. The third-order valence-corrected chi connectivity index (χ3v) is 4.98. The van der Waals surface area contributed by atoms with Crippen LogP contribution in [0.1, 0.15) is 49.0 Å². The molecule has 1 atom stereocenters. The molecule has 0 radical (unpaired) electrons. The van der Waals surface area contributed by atoms with Crippen LogP contribution in [-0.2, 0) is 19.9 Å². The van der Waals surface area contributed by atoms with Crippen LogP contribution < -0.4 is 5.32 Å². The van der Waals surface area contributed by atoms with Crippen molar-refractivity contribution in [1.82, 2.24) is 24.5 Å². The predicted octanol–water partition coefficient (Wildman–Crippen LogP) is 2.84. The molecule has 2 aromatic heterocycles. The molecule has 2 amide bonds. The number of nitrogens with one attached hydrogen (secondary N) is 1. The van der Waals surface area contributed by atoms with Crippen molar-refractivity contribution in [3.05, 3.63) is 28.7 Å². The van der Waals surface area contributed by atoms with Crippen LogP contribution in [0.25, 0.3) is 0 Å². The van der Waals surface area contributed by atoms with Gasteiger partial charge < -0.3 is 4.90 Å². The Bertz CT molecular complexity index is 775. The Labute approximate surface area is 149 Å². The first kappa shape index (κ1) is 17.5. The van der Waals surface area contributed by atoms with E-state index >= 15 is 0 Å². The van der Waals surface area contributed by atoms with Crippen molar-refractivity contribution in [2.24, 2.45) is 7.05 Å². The van der Waals surface area contributed by atoms with E-state index in [0.29, 0.717) is 6.54 Å². The molecular formula is C18H28N6O. The molecule has 3 heterocycles. The molecule has 2 aromatic rings. The fourth-order valence-electron chi connectivity index (χ4n) is 3.76. The highest BCUT2D eigenvalue weighted by Crippen LogP contribution is 2.25. The second-order valence-electron chi connectivity index (χ2n) is 6.79. The molecule has 1 saturated heterocycles. The number of anilines is 1. The maximum absolute atomic E-state index is 12.7. The second-order valence-corrected chi connectivity index (χ2v) is 6.79. The molecule has 25 heavy (non-hydrogen) atoms. The van der Waals surface area contributed by atoms with Gasteiger partial charge in [0.15, 0.2) is 0 Å². The molecule has 3 rings (SSSR count). The highest BCUT2D eigenvalue weighted by molar-refractivity contribution is 5.89. The molecule has 0 saturated carbocycles. The number of carbonyl (C=O) groups is 1. The fourth-order valence-corrected chi connectivity index (χ4v) is 3.76. The highest BCUT2D eigenvalue weighted by Gasteiger charge is 2.29. The summed E-state index contributed by atoms with van der Waals surface area (Å²) in [4.78, 5) is 14.6. The quantitative estimate of drug-likeness (QED) is 0.927. The van der Waals surface area contributed by atoms with Crippen LogP contribution in [-0.4, -0.2) is 43.6 Å². The van der Waals surface area contributed by atoms with E-state index in [1.165, 1.54) is 0 Å². The van der Waals surface area contributed by atoms with Gasteiger partial charge in [-0.15, -0.1) is 0 Å². The topological polar surface area (TPSA) is 68.0 Å². The number of amides is 2. The molecule has 0 bridgehead atoms. The lowest BCUT2D eigenvalue weighted by Gasteiger charge is -2.18. The fraction of sp³-hybridized carbons (Fsp3) is 0.611. The molecule has 1 N–H and O–H groups in total. The van der Waals surface area contributed by atoms with Crippen molar-refractivity contribution in [3.8, 4) is 0 Å². The van der Waals surface area contributed by atoms with Crippen molar-refractivity contribution in [2.45, 2.75) is 53.0 Å². The van der Waals surface area contributed by atoms with Gasteiger partial charge in [0.05, 0.1) is 17.4 Å². The lowest BCUT2D eigenvalue weighted by atomic mass is 10.1. The van der Waals surface area contributed by atoms with Crippen LogP contribution in [0.5, 0.6) is 0 Å². The molecule has 7 nitrogen and oxygen atoms in total. The van der Waals surface area contributed by atoms with Crippen LogP contribution in [0, 0.1) is 13.8 Å². The number of likely N-dealkylation sites (tertiary alicyclic amines) is 1. The van der Waals surface area contributed by atoms with Crippen molar-refractivity contribution < 1.29 is 4.79 Å². The summed E-state index contributed by atoms with van der Waals surface area (Å²) < 4.78 is 3.84. The van der Waals surface area contributed by atoms with Gasteiger partial charge in [-0.1, -0.05) is 13.8 Å². The first-order valence-electron chi connectivity index (χ1n) is 9.08. The molecule has 0 aliphatic carbocycles. The Kier molecular flexibility index (Phi) is 4.83. The van der Waals surface area contributed by atoms with Crippen molar-refractivity contribution in [2.75, 3.05) is 18.4 Å². The number of carbonyl (C=O) groups excluding carboxylic acids is 1. The number of hydrogen-bond donors (Lipinski definition) is 1. The molecule has 0 aromatic carbocycles. The van der Waals surface area contributed by atoms with Gasteiger partial charge >= 0.3 is 6.03 Å². The number of nitrogens with zero attached hydrogens (tertiary/aromatic N) is 5. The van der Waals surface area contributed by atoms with Crippen molar-refractivity contribution >= 4 is 11.8 Å². The molecule has 0 spiro atoms. The summed E-state index contributed by atoms with van der Waals surface area (Å²) in [5.74, 6) is 0.818. The smallest absolute Gasteiger partial charge is 0.322 e. The standard InChI is InChI=1S/C18H28N6O/c1-6-15-16(7-2)21-22(5)17(15)19-18(25)23-9-8-14(11-23)24-13(4)10-12(3)20-24/h10,14H,6-9,11H2,1-5H3,(H,19,25). The molecular weight excluding hydrogens is 316 g/mol. The van der Waals surface area contributed by atoms with E-state index in [2.05, 4.69) is 47.0 Å². The predicted molar refractivity (Wildman–Crippen MR) is 97.9 cm³/mol. The molecule has 7 heteroatoms. The van der Waals surface area contributed by atoms with E-state index in [-0.39, 0.29) is 12.1 Å². The molecule has 1 aliphatic heterocycles. The third kappa shape index (κ3) is 3.27. The Hall–Kier alpha value is -2.31. The molecule has 1 unspecified atom stereocenters. The van der Waals surface area contributed by atoms with Crippen LogP contribution in [0.4, 0.5) is 10.6 Å². The van der Waals surface area contributed by atoms with E-state index in [0.717, 1.165) is 54.3 Å². The van der Waals surface area contributed by atoms with Gasteiger partial charge in [0.25, 0.3) is 0 Å². The van der Waals surface area contributed by atoms with Gasteiger partial charge in [-0.3, -0.25) is 14.7 Å². The maximum atomic E-state index is 12.7. The SMILES string of the molecule is CCc1nn(C)c(NC(=O)N2CCC(n3nc(C)cc3C)C2)c1CC. The summed E-state index contributed by atoms with van der Waals surface area (Å²) in [6.07, 6.45) is 2.67. The second kappa shape index (κ2) is 6.90. The van der Waals surface area contributed by atoms with Gasteiger partial charge in [-0.2, -0.15) is 10.2 Å². The van der Waals surface area contributed by atoms with E-state index in [1.807, 2.05) is 18.9 Å². The number of hydrogen-bond acceptors (Lipinski definition) is 3. The minimum absolute atomic E-state index is 0.0515. The zero-order valence-electron chi connectivity index (χ0n) is 15.8. The van der Waals surface area contributed by atoms with E-state index < -0.39 is 0 Å². The van der Waals surface area contributed by atoms with Gasteiger partial charge in [-0.25, -0.2) is 4.79 Å². The molecule has 1 fully saturated rings. The number of urea groups is 1. The van der Waals surface area contributed by atoms with Gasteiger partial charge in [-0.05, 0) is 39.2 Å². The van der Waals surface area contributed by atoms with Crippen LogP contribution in [0.3, 0.4) is 0 Å². The summed E-state index contributed by atoms with van der Waals surface area (Å²) in [5.41, 5.74) is 4.36. The van der Waals surface area contributed by atoms with Crippen molar-refractivity contribution in [1.29, 1.82) is 0 Å². The van der Waals surface area contributed by atoms with Gasteiger partial charge in [0.2, 0.25) is 0 Å². The minimum Gasteiger partial charge on any atom is -0.322 e. The molecule has 1 aliphatic rings. The average molecular weight is 344 g/mol. The summed E-state index contributed by atoms with van der Waals surface area (Å²) in [5, 5.41) is 12.2. The number of aromatic nitrogens is 4. The summed E-state index contributed by atoms with van der Waals surface area (Å²) in [7, 11) is 1.89. The van der Waals surface area contributed by atoms with Gasteiger partial charge in [0, 0.05) is 31.4 Å². The lowest BCUT2D eigenvalue weighted by Crippen LogP contribution is -2.34. The zero-order chi connectivity index (χ0) is 18.1. The Morgan fingerprint density at radius 3 is 2.64 bits per heavy atom. The van der Waals surface area contributed by atoms with Crippen LogP contribution in [0.15, 0.2) is 6.07 Å². The molecule has 136 valence electrons. The van der Waals surface area contributed by atoms with E-state index in [9.17, 15) is 4.79 Å². The minimum atomic E-state index is -0.0515. The number of aryl methyl sites for hydroxylation is 4. The number of rotatable bonds is 4. The normalized spacial score (nSPS) is 17.3.